The summed E-state index contributed by atoms with van der Waals surface area (Å²) in [5.74, 6) is 1.52. The number of aromatic nitrogens is 2. The molecule has 0 radical (unpaired) electrons. The van der Waals surface area contributed by atoms with Gasteiger partial charge < -0.3 is 15.4 Å². The van der Waals surface area contributed by atoms with Crippen molar-refractivity contribution in [2.24, 2.45) is 5.73 Å². The molecule has 2 unspecified atom stereocenters. The minimum absolute atomic E-state index is 0.0974. The van der Waals surface area contributed by atoms with Gasteiger partial charge in [-0.1, -0.05) is 19.0 Å². The zero-order chi connectivity index (χ0) is 11.3. The van der Waals surface area contributed by atoms with Crippen LogP contribution in [0.25, 0.3) is 0 Å². The van der Waals surface area contributed by atoms with Gasteiger partial charge in [0.05, 0.1) is 5.75 Å². The molecule has 3 N–H and O–H groups in total. The quantitative estimate of drug-likeness (QED) is 0.762. The number of rotatable bonds is 6. The van der Waals surface area contributed by atoms with Crippen LogP contribution in [0.4, 0.5) is 0 Å². The van der Waals surface area contributed by atoms with Gasteiger partial charge in [0.15, 0.2) is 5.82 Å². The van der Waals surface area contributed by atoms with E-state index in [4.69, 9.17) is 10.3 Å². The number of hydrogen-bond acceptors (Lipinski definition) is 6. The second kappa shape index (κ2) is 6.09. The van der Waals surface area contributed by atoms with E-state index in [-0.39, 0.29) is 12.4 Å². The molecule has 0 amide bonds. The number of nitrogens with two attached hydrogens (primary N) is 1. The Morgan fingerprint density at radius 3 is 2.93 bits per heavy atom. The Labute approximate surface area is 93.4 Å². The van der Waals surface area contributed by atoms with E-state index in [0.29, 0.717) is 16.8 Å². The van der Waals surface area contributed by atoms with Crippen molar-refractivity contribution >= 4 is 11.8 Å². The van der Waals surface area contributed by atoms with Crippen LogP contribution >= 0.6 is 11.8 Å². The van der Waals surface area contributed by atoms with Crippen LogP contribution in [0, 0.1) is 0 Å². The lowest BCUT2D eigenvalue weighted by Gasteiger charge is -2.04. The molecule has 5 nitrogen and oxygen atoms in total. The van der Waals surface area contributed by atoms with Crippen molar-refractivity contribution in [3.8, 4) is 0 Å². The van der Waals surface area contributed by atoms with Gasteiger partial charge in [-0.05, 0) is 6.42 Å². The summed E-state index contributed by atoms with van der Waals surface area (Å²) in [5, 5.41) is 13.7. The Balaban J connectivity index is 2.46. The molecule has 1 aromatic heterocycles. The molecule has 15 heavy (non-hydrogen) atoms. The predicted octanol–water partition coefficient (Wildman–Crippen LogP) is 1.09. The van der Waals surface area contributed by atoms with E-state index in [2.05, 4.69) is 24.0 Å². The molecule has 2 atom stereocenters. The van der Waals surface area contributed by atoms with Gasteiger partial charge in [-0.15, -0.1) is 0 Å². The van der Waals surface area contributed by atoms with Crippen molar-refractivity contribution in [2.75, 3.05) is 6.54 Å². The molecule has 1 heterocycles. The molecule has 0 aromatic carbocycles. The highest BCUT2D eigenvalue weighted by Gasteiger charge is 2.14. The molecule has 0 aliphatic heterocycles. The fourth-order valence-corrected chi connectivity index (χ4v) is 1.68. The highest BCUT2D eigenvalue weighted by atomic mass is 32.2. The fraction of sp³-hybridized carbons (Fsp3) is 0.778. The lowest BCUT2D eigenvalue weighted by Crippen LogP contribution is -2.11. The minimum Gasteiger partial charge on any atom is -0.382 e. The van der Waals surface area contributed by atoms with Crippen LogP contribution in [0.1, 0.15) is 38.1 Å². The lowest BCUT2D eigenvalue weighted by atomic mass is 10.4. The number of nitrogens with zero attached hydrogens (tertiary/aromatic N) is 2. The zero-order valence-electron chi connectivity index (χ0n) is 9.01. The van der Waals surface area contributed by atoms with E-state index in [0.717, 1.165) is 6.42 Å². The first kappa shape index (κ1) is 12.5. The number of aliphatic hydroxyl groups excluding tert-OH is 1. The van der Waals surface area contributed by atoms with Crippen molar-refractivity contribution in [3.63, 3.8) is 0 Å². The van der Waals surface area contributed by atoms with Gasteiger partial charge in [0.1, 0.15) is 6.10 Å². The van der Waals surface area contributed by atoms with E-state index >= 15 is 0 Å². The molecule has 0 bridgehead atoms. The van der Waals surface area contributed by atoms with Gasteiger partial charge >= 0.3 is 0 Å². The van der Waals surface area contributed by atoms with Crippen LogP contribution in [-0.4, -0.2) is 27.0 Å². The maximum atomic E-state index is 9.34. The van der Waals surface area contributed by atoms with Gasteiger partial charge in [0.2, 0.25) is 0 Å². The van der Waals surface area contributed by atoms with Crippen molar-refractivity contribution in [2.45, 2.75) is 37.4 Å². The first-order valence-electron chi connectivity index (χ1n) is 4.99. The highest BCUT2D eigenvalue weighted by Crippen LogP contribution is 2.19. The van der Waals surface area contributed by atoms with Gasteiger partial charge in [0.25, 0.3) is 5.89 Å². The molecular formula is C9H17N3O2S. The summed E-state index contributed by atoms with van der Waals surface area (Å²) in [4.78, 5) is 4.06. The summed E-state index contributed by atoms with van der Waals surface area (Å²) >= 11 is 1.76. The average molecular weight is 231 g/mol. The van der Waals surface area contributed by atoms with Crippen LogP contribution in [0.5, 0.6) is 0 Å². The molecule has 1 rings (SSSR count). The van der Waals surface area contributed by atoms with E-state index in [1.165, 1.54) is 0 Å². The van der Waals surface area contributed by atoms with E-state index in [1.54, 1.807) is 11.8 Å². The number of aliphatic hydroxyl groups is 1. The Hall–Kier alpha value is -0.590. The molecule has 0 fully saturated rings. The first-order chi connectivity index (χ1) is 7.17. The largest absolute Gasteiger partial charge is 0.382 e. The Morgan fingerprint density at radius 2 is 2.33 bits per heavy atom. The van der Waals surface area contributed by atoms with E-state index < -0.39 is 6.10 Å². The van der Waals surface area contributed by atoms with Crippen molar-refractivity contribution in [1.29, 1.82) is 0 Å². The molecular weight excluding hydrogens is 214 g/mol. The van der Waals surface area contributed by atoms with Gasteiger partial charge in [-0.25, -0.2) is 0 Å². The summed E-state index contributed by atoms with van der Waals surface area (Å²) in [7, 11) is 0. The summed E-state index contributed by atoms with van der Waals surface area (Å²) in [6.45, 7) is 4.39. The third-order valence-electron chi connectivity index (χ3n) is 2.06. The molecule has 0 spiro atoms. The normalized spacial score (nSPS) is 15.2. The van der Waals surface area contributed by atoms with Gasteiger partial charge in [0, 0.05) is 11.8 Å². The van der Waals surface area contributed by atoms with E-state index in [1.807, 2.05) is 0 Å². The Bertz CT molecular complexity index is 293. The highest BCUT2D eigenvalue weighted by molar-refractivity contribution is 7.99. The first-order valence-corrected chi connectivity index (χ1v) is 6.04. The second-order valence-corrected chi connectivity index (χ2v) is 4.76. The summed E-state index contributed by atoms with van der Waals surface area (Å²) in [6.07, 6.45) is 0.265. The van der Waals surface area contributed by atoms with Crippen LogP contribution in [0.2, 0.25) is 0 Å². The molecule has 0 aliphatic rings. The van der Waals surface area contributed by atoms with Gasteiger partial charge in [-0.2, -0.15) is 16.7 Å². The van der Waals surface area contributed by atoms with Gasteiger partial charge in [-0.3, -0.25) is 0 Å². The van der Waals surface area contributed by atoms with Crippen molar-refractivity contribution in [1.82, 2.24) is 10.1 Å². The van der Waals surface area contributed by atoms with Crippen LogP contribution in [0.3, 0.4) is 0 Å². The second-order valence-electron chi connectivity index (χ2n) is 3.33. The van der Waals surface area contributed by atoms with Crippen molar-refractivity contribution < 1.29 is 9.63 Å². The standard InChI is InChI=1S/C9H17N3O2S/c1-3-6(2)15-5-8-11-9(14-12-8)7(13)4-10/h6-7,13H,3-5,10H2,1-2H3. The third-order valence-corrected chi connectivity index (χ3v) is 3.39. The molecule has 0 saturated carbocycles. The summed E-state index contributed by atoms with van der Waals surface area (Å²) in [6, 6.07) is 0. The number of thioether (sulfide) groups is 1. The minimum atomic E-state index is -0.847. The summed E-state index contributed by atoms with van der Waals surface area (Å²) < 4.78 is 4.88. The SMILES string of the molecule is CCC(C)SCc1noc(C(O)CN)n1. The van der Waals surface area contributed by atoms with Crippen LogP contribution < -0.4 is 5.73 Å². The molecule has 0 saturated heterocycles. The third kappa shape index (κ3) is 3.81. The molecule has 6 heteroatoms. The average Bonchev–Trinajstić information content (AvgIpc) is 2.73. The molecule has 1 aromatic rings. The van der Waals surface area contributed by atoms with Crippen LogP contribution in [-0.2, 0) is 5.75 Å². The smallest absolute Gasteiger partial charge is 0.256 e. The molecule has 0 aliphatic carbocycles. The Kier molecular flexibility index (Phi) is 5.07. The summed E-state index contributed by atoms with van der Waals surface area (Å²) in [5.41, 5.74) is 5.27. The fourth-order valence-electron chi connectivity index (χ4n) is 0.897. The monoisotopic (exact) mass is 231 g/mol. The van der Waals surface area contributed by atoms with E-state index in [9.17, 15) is 5.11 Å². The maximum Gasteiger partial charge on any atom is 0.256 e. The predicted molar refractivity (Wildman–Crippen MR) is 59.4 cm³/mol. The maximum absolute atomic E-state index is 9.34. The van der Waals surface area contributed by atoms with Crippen LogP contribution in [0.15, 0.2) is 4.52 Å². The molecule has 86 valence electrons. The van der Waals surface area contributed by atoms with Crippen molar-refractivity contribution in [3.05, 3.63) is 11.7 Å². The zero-order valence-corrected chi connectivity index (χ0v) is 9.83. The topological polar surface area (TPSA) is 85.2 Å². The lowest BCUT2D eigenvalue weighted by molar-refractivity contribution is 0.141. The Morgan fingerprint density at radius 1 is 1.60 bits per heavy atom. The number of hydrogen-bond donors (Lipinski definition) is 2.